The number of hydrogen-bond acceptors (Lipinski definition) is 5. The molecule has 0 spiro atoms. The summed E-state index contributed by atoms with van der Waals surface area (Å²) in [4.78, 5) is 0. The van der Waals surface area contributed by atoms with E-state index in [2.05, 4.69) is 22.0 Å². The Morgan fingerprint density at radius 3 is 2.71 bits per heavy atom. The topological polar surface area (TPSA) is 50.1 Å². The van der Waals surface area contributed by atoms with Crippen LogP contribution in [0.2, 0.25) is 0 Å². The minimum atomic E-state index is 0.260. The van der Waals surface area contributed by atoms with Gasteiger partial charge in [-0.05, 0) is 61.2 Å². The molecule has 148 valence electrons. The summed E-state index contributed by atoms with van der Waals surface area (Å²) in [6.45, 7) is 1.82. The fraction of sp³-hybridized carbons (Fsp3) is 0.364. The number of ether oxygens (including phenoxy) is 4. The normalized spacial score (nSPS) is 12.6. The summed E-state index contributed by atoms with van der Waals surface area (Å²) in [6.07, 6.45) is 2.95. The van der Waals surface area contributed by atoms with Crippen molar-refractivity contribution in [2.45, 2.75) is 19.3 Å². The number of alkyl halides is 1. The van der Waals surface area contributed by atoms with Crippen molar-refractivity contribution in [2.24, 2.45) is 0 Å². The van der Waals surface area contributed by atoms with Gasteiger partial charge in [-0.1, -0.05) is 15.9 Å². The standard InChI is InChI=1S/C22H23BrO5/c1-24-21-11-15(4-2-8-25-9-3-7-23)10-17-13-19(28-22(17)21)16-5-6-18-20(12-16)27-14-26-18/h5-6,10-13H,2-4,7-9,14H2,1H3. The molecular weight excluding hydrogens is 424 g/mol. The van der Waals surface area contributed by atoms with E-state index in [0.717, 1.165) is 77.3 Å². The van der Waals surface area contributed by atoms with Crippen molar-refractivity contribution in [3.8, 4) is 28.6 Å². The summed E-state index contributed by atoms with van der Waals surface area (Å²) in [7, 11) is 1.67. The molecule has 3 aromatic rings. The number of fused-ring (bicyclic) bond motifs is 2. The molecule has 0 saturated carbocycles. The average Bonchev–Trinajstić information content (AvgIpc) is 3.36. The molecule has 0 bridgehead atoms. The molecule has 1 aliphatic heterocycles. The van der Waals surface area contributed by atoms with Gasteiger partial charge < -0.3 is 23.4 Å². The Labute approximate surface area is 172 Å². The molecule has 0 atom stereocenters. The zero-order chi connectivity index (χ0) is 19.3. The molecule has 6 heteroatoms. The van der Waals surface area contributed by atoms with Crippen LogP contribution in [-0.2, 0) is 11.2 Å². The Kier molecular flexibility index (Phi) is 6.07. The molecule has 1 aromatic heterocycles. The summed E-state index contributed by atoms with van der Waals surface area (Å²) in [5.41, 5.74) is 2.92. The van der Waals surface area contributed by atoms with E-state index in [1.54, 1.807) is 7.11 Å². The van der Waals surface area contributed by atoms with Gasteiger partial charge in [-0.3, -0.25) is 0 Å². The molecule has 1 aliphatic rings. The first kappa shape index (κ1) is 19.2. The fourth-order valence-electron chi connectivity index (χ4n) is 3.31. The van der Waals surface area contributed by atoms with Crippen LogP contribution in [-0.4, -0.2) is 32.4 Å². The van der Waals surface area contributed by atoms with Gasteiger partial charge >= 0.3 is 0 Å². The summed E-state index contributed by atoms with van der Waals surface area (Å²) < 4.78 is 28.2. The number of methoxy groups -OCH3 is 1. The van der Waals surface area contributed by atoms with Crippen LogP contribution in [0, 0.1) is 0 Å². The largest absolute Gasteiger partial charge is 0.493 e. The van der Waals surface area contributed by atoms with Crippen LogP contribution < -0.4 is 14.2 Å². The monoisotopic (exact) mass is 446 g/mol. The van der Waals surface area contributed by atoms with E-state index >= 15 is 0 Å². The SMILES string of the molecule is COc1cc(CCCOCCCBr)cc2cc(-c3ccc4c(c3)OCO4)oc12. The second-order valence-electron chi connectivity index (χ2n) is 6.65. The van der Waals surface area contributed by atoms with Gasteiger partial charge in [-0.2, -0.15) is 0 Å². The Hall–Kier alpha value is -2.18. The first-order valence-electron chi connectivity index (χ1n) is 9.42. The summed E-state index contributed by atoms with van der Waals surface area (Å²) in [5.74, 6) is 3.03. The highest BCUT2D eigenvalue weighted by Crippen LogP contribution is 2.39. The molecule has 2 aromatic carbocycles. The number of halogens is 1. The maximum absolute atomic E-state index is 6.11. The third-order valence-electron chi connectivity index (χ3n) is 4.70. The Morgan fingerprint density at radius 1 is 1.00 bits per heavy atom. The fourth-order valence-corrected chi connectivity index (χ4v) is 3.53. The number of furan rings is 1. The van der Waals surface area contributed by atoms with Crippen LogP contribution in [0.4, 0.5) is 0 Å². The summed E-state index contributed by atoms with van der Waals surface area (Å²) in [5, 5.41) is 2.01. The van der Waals surface area contributed by atoms with Crippen molar-refractivity contribution in [2.75, 3.05) is 32.4 Å². The second-order valence-corrected chi connectivity index (χ2v) is 7.45. The van der Waals surface area contributed by atoms with Crippen molar-refractivity contribution < 1.29 is 23.4 Å². The molecule has 0 aliphatic carbocycles. The van der Waals surface area contributed by atoms with E-state index in [1.165, 1.54) is 5.56 Å². The lowest BCUT2D eigenvalue weighted by Gasteiger charge is -2.06. The van der Waals surface area contributed by atoms with Crippen LogP contribution in [0.25, 0.3) is 22.3 Å². The molecule has 0 saturated heterocycles. The van der Waals surface area contributed by atoms with E-state index in [-0.39, 0.29) is 6.79 Å². The zero-order valence-corrected chi connectivity index (χ0v) is 17.4. The van der Waals surface area contributed by atoms with Gasteiger partial charge in [0, 0.05) is 29.5 Å². The molecule has 0 amide bonds. The van der Waals surface area contributed by atoms with Crippen LogP contribution in [0.5, 0.6) is 17.2 Å². The first-order valence-corrected chi connectivity index (χ1v) is 10.5. The molecule has 28 heavy (non-hydrogen) atoms. The lowest BCUT2D eigenvalue weighted by atomic mass is 10.1. The number of rotatable bonds is 9. The Balaban J connectivity index is 1.53. The lowest BCUT2D eigenvalue weighted by molar-refractivity contribution is 0.133. The third kappa shape index (κ3) is 4.13. The van der Waals surface area contributed by atoms with Gasteiger partial charge in [0.1, 0.15) is 5.76 Å². The van der Waals surface area contributed by atoms with E-state index in [9.17, 15) is 0 Å². The van der Waals surface area contributed by atoms with Gasteiger partial charge in [0.25, 0.3) is 0 Å². The minimum absolute atomic E-state index is 0.260. The van der Waals surface area contributed by atoms with Crippen molar-refractivity contribution >= 4 is 26.9 Å². The predicted molar refractivity (Wildman–Crippen MR) is 112 cm³/mol. The van der Waals surface area contributed by atoms with Crippen LogP contribution >= 0.6 is 15.9 Å². The van der Waals surface area contributed by atoms with Gasteiger partial charge in [0.05, 0.1) is 7.11 Å². The quantitative estimate of drug-likeness (QED) is 0.317. The third-order valence-corrected chi connectivity index (χ3v) is 5.26. The highest BCUT2D eigenvalue weighted by molar-refractivity contribution is 9.09. The molecular formula is C22H23BrO5. The van der Waals surface area contributed by atoms with E-state index < -0.39 is 0 Å². The highest BCUT2D eigenvalue weighted by atomic mass is 79.9. The van der Waals surface area contributed by atoms with E-state index in [1.807, 2.05) is 30.3 Å². The van der Waals surface area contributed by atoms with Crippen LogP contribution in [0.15, 0.2) is 40.8 Å². The number of benzene rings is 2. The lowest BCUT2D eigenvalue weighted by Crippen LogP contribution is -1.99. The van der Waals surface area contributed by atoms with Gasteiger partial charge in [-0.15, -0.1) is 0 Å². The number of aryl methyl sites for hydroxylation is 1. The zero-order valence-electron chi connectivity index (χ0n) is 15.8. The predicted octanol–water partition coefficient (Wildman–Crippen LogP) is 5.57. The maximum Gasteiger partial charge on any atom is 0.231 e. The van der Waals surface area contributed by atoms with Crippen molar-refractivity contribution in [1.29, 1.82) is 0 Å². The first-order chi connectivity index (χ1) is 13.8. The Bertz CT molecular complexity index is 949. The average molecular weight is 447 g/mol. The van der Waals surface area contributed by atoms with E-state index in [0.29, 0.717) is 0 Å². The van der Waals surface area contributed by atoms with Crippen molar-refractivity contribution in [1.82, 2.24) is 0 Å². The summed E-state index contributed by atoms with van der Waals surface area (Å²) >= 11 is 3.41. The second kappa shape index (κ2) is 8.88. The summed E-state index contributed by atoms with van der Waals surface area (Å²) in [6, 6.07) is 12.1. The molecule has 0 N–H and O–H groups in total. The molecule has 4 rings (SSSR count). The molecule has 0 unspecified atom stereocenters. The van der Waals surface area contributed by atoms with Gasteiger partial charge in [0.15, 0.2) is 22.8 Å². The van der Waals surface area contributed by atoms with Gasteiger partial charge in [-0.25, -0.2) is 0 Å². The van der Waals surface area contributed by atoms with E-state index in [4.69, 9.17) is 23.4 Å². The molecule has 5 nitrogen and oxygen atoms in total. The van der Waals surface area contributed by atoms with Crippen molar-refractivity contribution in [3.05, 3.63) is 42.0 Å². The molecule has 0 radical (unpaired) electrons. The minimum Gasteiger partial charge on any atom is -0.493 e. The smallest absolute Gasteiger partial charge is 0.231 e. The van der Waals surface area contributed by atoms with Crippen LogP contribution in [0.1, 0.15) is 18.4 Å². The Morgan fingerprint density at radius 2 is 1.86 bits per heavy atom. The van der Waals surface area contributed by atoms with Gasteiger partial charge in [0.2, 0.25) is 6.79 Å². The van der Waals surface area contributed by atoms with Crippen LogP contribution in [0.3, 0.4) is 0 Å². The van der Waals surface area contributed by atoms with Crippen molar-refractivity contribution in [3.63, 3.8) is 0 Å². The molecule has 0 fully saturated rings. The molecule has 2 heterocycles. The highest BCUT2D eigenvalue weighted by Gasteiger charge is 2.17. The number of hydrogen-bond donors (Lipinski definition) is 0. The maximum atomic E-state index is 6.11.